The Morgan fingerprint density at radius 2 is 1.95 bits per heavy atom. The fourth-order valence-electron chi connectivity index (χ4n) is 2.43. The maximum Gasteiger partial charge on any atom is 0.154 e. The van der Waals surface area contributed by atoms with Crippen molar-refractivity contribution >= 4 is 0 Å². The predicted octanol–water partition coefficient (Wildman–Crippen LogP) is 2.84. The number of benzene rings is 2. The molecule has 98 valence electrons. The summed E-state index contributed by atoms with van der Waals surface area (Å²) < 4.78 is 11.1. The van der Waals surface area contributed by atoms with Crippen LogP contribution in [0.4, 0.5) is 0 Å². The lowest BCUT2D eigenvalue weighted by Crippen LogP contribution is -2.29. The second-order valence-electron chi connectivity index (χ2n) is 4.62. The van der Waals surface area contributed by atoms with Crippen LogP contribution in [0.3, 0.4) is 0 Å². The minimum Gasteiger partial charge on any atom is -0.497 e. The highest BCUT2D eigenvalue weighted by molar-refractivity contribution is 5.73. The van der Waals surface area contributed by atoms with E-state index >= 15 is 0 Å². The van der Waals surface area contributed by atoms with Gasteiger partial charge in [-0.2, -0.15) is 0 Å². The summed E-state index contributed by atoms with van der Waals surface area (Å²) in [6.45, 7) is 0. The van der Waals surface area contributed by atoms with Crippen LogP contribution in [0.15, 0.2) is 42.5 Å². The average molecular weight is 255 g/mol. The molecule has 2 aromatic carbocycles. The first-order valence-corrected chi connectivity index (χ1v) is 6.42. The number of hydrogen-bond acceptors (Lipinski definition) is 3. The molecule has 0 aromatic heterocycles. The number of methoxy groups -OCH3 is 1. The molecule has 1 heterocycles. The van der Waals surface area contributed by atoms with Crippen LogP contribution >= 0.6 is 0 Å². The number of para-hydroxylation sites is 1. The van der Waals surface area contributed by atoms with E-state index in [1.54, 1.807) is 7.11 Å². The van der Waals surface area contributed by atoms with Gasteiger partial charge in [-0.25, -0.2) is 0 Å². The fraction of sp³-hybridized carbons (Fsp3) is 0.250. The van der Waals surface area contributed by atoms with Crippen molar-refractivity contribution in [2.24, 2.45) is 0 Å². The molecule has 0 fully saturated rings. The van der Waals surface area contributed by atoms with E-state index in [0.717, 1.165) is 29.0 Å². The van der Waals surface area contributed by atoms with Gasteiger partial charge in [-0.05, 0) is 30.3 Å². The van der Waals surface area contributed by atoms with Gasteiger partial charge >= 0.3 is 0 Å². The Labute approximate surface area is 113 Å². The molecule has 1 atom stereocenters. The second kappa shape index (κ2) is 4.94. The molecule has 0 amide bonds. The third-order valence-electron chi connectivity index (χ3n) is 3.48. The van der Waals surface area contributed by atoms with Gasteiger partial charge in [0.05, 0.1) is 7.11 Å². The summed E-state index contributed by atoms with van der Waals surface area (Å²) in [5.41, 5.74) is 3.54. The van der Waals surface area contributed by atoms with E-state index in [0.29, 0.717) is 0 Å². The van der Waals surface area contributed by atoms with Gasteiger partial charge in [0.2, 0.25) is 0 Å². The van der Waals surface area contributed by atoms with Gasteiger partial charge < -0.3 is 9.47 Å². The standard InChI is InChI=1S/C16H17NO2/c1-17-15-10-12-4-3-5-14(16(12)19-15)11-6-8-13(18-2)9-7-11/h3-9,15,17H,10H2,1-2H3. The molecule has 0 radical (unpaired) electrons. The van der Waals surface area contributed by atoms with Gasteiger partial charge in [0, 0.05) is 12.0 Å². The first-order valence-electron chi connectivity index (χ1n) is 6.42. The van der Waals surface area contributed by atoms with Crippen molar-refractivity contribution in [2.75, 3.05) is 14.2 Å². The van der Waals surface area contributed by atoms with Crippen LogP contribution in [0.25, 0.3) is 11.1 Å². The number of ether oxygens (including phenoxy) is 2. The van der Waals surface area contributed by atoms with Crippen LogP contribution in [0.5, 0.6) is 11.5 Å². The highest BCUT2D eigenvalue weighted by Crippen LogP contribution is 2.38. The first-order chi connectivity index (χ1) is 9.31. The van der Waals surface area contributed by atoms with Crippen LogP contribution in [0.1, 0.15) is 5.56 Å². The van der Waals surface area contributed by atoms with E-state index in [9.17, 15) is 0 Å². The smallest absolute Gasteiger partial charge is 0.154 e. The van der Waals surface area contributed by atoms with Crippen molar-refractivity contribution < 1.29 is 9.47 Å². The van der Waals surface area contributed by atoms with E-state index in [-0.39, 0.29) is 6.23 Å². The summed E-state index contributed by atoms with van der Waals surface area (Å²) in [5, 5.41) is 3.17. The Kier molecular flexibility index (Phi) is 3.13. The zero-order valence-electron chi connectivity index (χ0n) is 11.1. The third kappa shape index (κ3) is 2.17. The number of rotatable bonds is 3. The van der Waals surface area contributed by atoms with Crippen molar-refractivity contribution in [1.29, 1.82) is 0 Å². The number of fused-ring (bicyclic) bond motifs is 1. The Balaban J connectivity index is 2.00. The van der Waals surface area contributed by atoms with Gasteiger partial charge in [0.25, 0.3) is 0 Å². The highest BCUT2D eigenvalue weighted by Gasteiger charge is 2.24. The number of nitrogens with one attached hydrogen (secondary N) is 1. The van der Waals surface area contributed by atoms with Crippen LogP contribution in [-0.4, -0.2) is 20.4 Å². The van der Waals surface area contributed by atoms with E-state index in [1.165, 1.54) is 5.56 Å². The minimum absolute atomic E-state index is 0.0781. The van der Waals surface area contributed by atoms with Gasteiger partial charge in [-0.1, -0.05) is 30.3 Å². The van der Waals surface area contributed by atoms with Crippen LogP contribution in [-0.2, 0) is 6.42 Å². The zero-order valence-corrected chi connectivity index (χ0v) is 11.1. The highest BCUT2D eigenvalue weighted by atomic mass is 16.5. The van der Waals surface area contributed by atoms with Gasteiger partial charge in [-0.15, -0.1) is 0 Å². The fourth-order valence-corrected chi connectivity index (χ4v) is 2.43. The number of likely N-dealkylation sites (N-methyl/N-ethyl adjacent to an activating group) is 1. The molecule has 1 unspecified atom stereocenters. The summed E-state index contributed by atoms with van der Waals surface area (Å²) in [4.78, 5) is 0. The molecule has 0 saturated heterocycles. The quantitative estimate of drug-likeness (QED) is 0.914. The summed E-state index contributed by atoms with van der Waals surface area (Å²) in [7, 11) is 3.60. The minimum atomic E-state index is 0.0781. The molecule has 0 saturated carbocycles. The average Bonchev–Trinajstić information content (AvgIpc) is 2.90. The molecule has 0 spiro atoms. The molecule has 1 N–H and O–H groups in total. The van der Waals surface area contributed by atoms with E-state index < -0.39 is 0 Å². The first kappa shape index (κ1) is 12.1. The Morgan fingerprint density at radius 1 is 1.16 bits per heavy atom. The summed E-state index contributed by atoms with van der Waals surface area (Å²) >= 11 is 0. The van der Waals surface area contributed by atoms with Crippen LogP contribution < -0.4 is 14.8 Å². The molecule has 2 aromatic rings. The summed E-state index contributed by atoms with van der Waals surface area (Å²) in [6, 6.07) is 14.4. The van der Waals surface area contributed by atoms with E-state index in [4.69, 9.17) is 9.47 Å². The Hall–Kier alpha value is -2.00. The molecule has 3 heteroatoms. The molecule has 1 aliphatic heterocycles. The topological polar surface area (TPSA) is 30.5 Å². The van der Waals surface area contributed by atoms with Crippen molar-refractivity contribution in [1.82, 2.24) is 5.32 Å². The van der Waals surface area contributed by atoms with Crippen molar-refractivity contribution in [2.45, 2.75) is 12.6 Å². The molecule has 0 bridgehead atoms. The van der Waals surface area contributed by atoms with Crippen molar-refractivity contribution in [3.05, 3.63) is 48.0 Å². The third-order valence-corrected chi connectivity index (χ3v) is 3.48. The molecular formula is C16H17NO2. The lowest BCUT2D eigenvalue weighted by molar-refractivity contribution is 0.204. The summed E-state index contributed by atoms with van der Waals surface area (Å²) in [6.07, 6.45) is 0.991. The Bertz CT molecular complexity index is 578. The van der Waals surface area contributed by atoms with E-state index in [1.807, 2.05) is 19.2 Å². The lowest BCUT2D eigenvalue weighted by atomic mass is 10.0. The SMILES string of the molecule is CNC1Cc2cccc(-c3ccc(OC)cc3)c2O1. The maximum absolute atomic E-state index is 5.96. The van der Waals surface area contributed by atoms with Gasteiger partial charge in [0.1, 0.15) is 11.5 Å². The normalized spacial score (nSPS) is 16.8. The monoisotopic (exact) mass is 255 g/mol. The van der Waals surface area contributed by atoms with Crippen LogP contribution in [0.2, 0.25) is 0 Å². The molecule has 3 nitrogen and oxygen atoms in total. The summed E-state index contributed by atoms with van der Waals surface area (Å²) in [5.74, 6) is 1.86. The van der Waals surface area contributed by atoms with Crippen LogP contribution in [0, 0.1) is 0 Å². The Morgan fingerprint density at radius 3 is 2.63 bits per heavy atom. The molecule has 3 rings (SSSR count). The molecule has 0 aliphatic carbocycles. The van der Waals surface area contributed by atoms with Crippen molar-refractivity contribution in [3.8, 4) is 22.6 Å². The van der Waals surface area contributed by atoms with Gasteiger partial charge in [0.15, 0.2) is 6.23 Å². The molecule has 19 heavy (non-hydrogen) atoms. The zero-order chi connectivity index (χ0) is 13.2. The number of hydrogen-bond donors (Lipinski definition) is 1. The molecular weight excluding hydrogens is 238 g/mol. The van der Waals surface area contributed by atoms with Crippen molar-refractivity contribution in [3.63, 3.8) is 0 Å². The largest absolute Gasteiger partial charge is 0.497 e. The van der Waals surface area contributed by atoms with E-state index in [2.05, 4.69) is 35.6 Å². The second-order valence-corrected chi connectivity index (χ2v) is 4.62. The lowest BCUT2D eigenvalue weighted by Gasteiger charge is -2.11. The van der Waals surface area contributed by atoms with Gasteiger partial charge in [-0.3, -0.25) is 5.32 Å². The predicted molar refractivity (Wildman–Crippen MR) is 75.6 cm³/mol. The molecule has 1 aliphatic rings. The maximum atomic E-state index is 5.96.